The minimum atomic E-state index is -0.0785. The number of anilines is 2. The Balaban J connectivity index is 1.47. The molecule has 0 radical (unpaired) electrons. The molecule has 0 aliphatic heterocycles. The number of benzene rings is 2. The molecule has 0 saturated heterocycles. The summed E-state index contributed by atoms with van der Waals surface area (Å²) in [4.78, 5) is 12.5. The highest BCUT2D eigenvalue weighted by molar-refractivity contribution is 7.15. The second kappa shape index (κ2) is 6.82. The summed E-state index contributed by atoms with van der Waals surface area (Å²) in [5.41, 5.74) is 0.892. The van der Waals surface area contributed by atoms with E-state index in [0.29, 0.717) is 18.4 Å². The number of nitrogens with one attached hydrogen (secondary N) is 1. The van der Waals surface area contributed by atoms with Crippen LogP contribution in [0.25, 0.3) is 10.8 Å². The first-order valence-corrected chi connectivity index (χ1v) is 8.70. The van der Waals surface area contributed by atoms with E-state index in [2.05, 4.69) is 20.6 Å². The molecule has 0 saturated carbocycles. The number of hydrogen-bond acceptors (Lipinski definition) is 6. The third-order valence-electron chi connectivity index (χ3n) is 3.79. The van der Waals surface area contributed by atoms with Gasteiger partial charge in [-0.05, 0) is 18.2 Å². The average Bonchev–Trinajstić information content (AvgIpc) is 3.10. The lowest BCUT2D eigenvalue weighted by Crippen LogP contribution is -2.23. The van der Waals surface area contributed by atoms with Gasteiger partial charge in [0.15, 0.2) is 0 Å². The van der Waals surface area contributed by atoms with Crippen LogP contribution >= 0.6 is 11.3 Å². The largest absolute Gasteiger partial charge is 0.330 e. The molecule has 0 bridgehead atoms. The lowest BCUT2D eigenvalue weighted by molar-refractivity contribution is 0.581. The van der Waals surface area contributed by atoms with Crippen molar-refractivity contribution in [2.45, 2.75) is 13.0 Å². The molecule has 2 aromatic carbocycles. The van der Waals surface area contributed by atoms with Crippen molar-refractivity contribution >= 4 is 32.9 Å². The summed E-state index contributed by atoms with van der Waals surface area (Å²) in [6, 6.07) is 17.3. The summed E-state index contributed by atoms with van der Waals surface area (Å²) >= 11 is 1.48. The zero-order valence-electron chi connectivity index (χ0n) is 13.3. The minimum Gasteiger partial charge on any atom is -0.330 e. The van der Waals surface area contributed by atoms with Crippen molar-refractivity contribution in [3.05, 3.63) is 76.2 Å². The molecule has 0 fully saturated rings. The SMILES string of the molecule is O=c1c2ccccc2cnn1CCc1nnc(Nc2ccccc2)s1. The van der Waals surface area contributed by atoms with Crippen LogP contribution in [-0.4, -0.2) is 20.0 Å². The van der Waals surface area contributed by atoms with Crippen molar-refractivity contribution in [3.63, 3.8) is 0 Å². The second-order valence-corrected chi connectivity index (χ2v) is 6.56. The number of para-hydroxylation sites is 1. The number of aryl methyl sites for hydroxylation is 2. The van der Waals surface area contributed by atoms with E-state index in [1.807, 2.05) is 54.6 Å². The number of hydrogen-bond donors (Lipinski definition) is 1. The quantitative estimate of drug-likeness (QED) is 0.599. The van der Waals surface area contributed by atoms with E-state index in [0.717, 1.165) is 21.2 Å². The van der Waals surface area contributed by atoms with Gasteiger partial charge in [-0.15, -0.1) is 10.2 Å². The van der Waals surface area contributed by atoms with Gasteiger partial charge in [0.05, 0.1) is 18.1 Å². The Morgan fingerprint density at radius 2 is 1.80 bits per heavy atom. The highest BCUT2D eigenvalue weighted by atomic mass is 32.1. The number of nitrogens with zero attached hydrogens (tertiary/aromatic N) is 4. The van der Waals surface area contributed by atoms with Crippen LogP contribution in [0.15, 0.2) is 65.6 Å². The average molecular weight is 349 g/mol. The minimum absolute atomic E-state index is 0.0785. The molecule has 0 aliphatic rings. The first-order valence-electron chi connectivity index (χ1n) is 7.89. The lowest BCUT2D eigenvalue weighted by Gasteiger charge is -2.04. The van der Waals surface area contributed by atoms with Crippen molar-refractivity contribution in [1.29, 1.82) is 0 Å². The van der Waals surface area contributed by atoms with Gasteiger partial charge in [0.1, 0.15) is 5.01 Å². The van der Waals surface area contributed by atoms with Gasteiger partial charge >= 0.3 is 0 Å². The maximum atomic E-state index is 12.5. The van der Waals surface area contributed by atoms with Gasteiger partial charge in [0.25, 0.3) is 5.56 Å². The molecule has 2 aromatic heterocycles. The van der Waals surface area contributed by atoms with Crippen LogP contribution in [0, 0.1) is 0 Å². The van der Waals surface area contributed by atoms with Crippen molar-refractivity contribution < 1.29 is 0 Å². The van der Waals surface area contributed by atoms with Crippen LogP contribution in [0.5, 0.6) is 0 Å². The van der Waals surface area contributed by atoms with Crippen LogP contribution in [0.1, 0.15) is 5.01 Å². The predicted octanol–water partition coefficient (Wildman–Crippen LogP) is 3.23. The Kier molecular flexibility index (Phi) is 4.22. The van der Waals surface area contributed by atoms with Gasteiger partial charge in [0.2, 0.25) is 5.13 Å². The summed E-state index contributed by atoms with van der Waals surface area (Å²) in [6.45, 7) is 0.476. The standard InChI is InChI=1S/C18H15N5OS/c24-17-15-9-5-4-6-13(15)12-19-23(17)11-10-16-21-22-18(25-16)20-14-7-2-1-3-8-14/h1-9,12H,10-11H2,(H,20,22). The zero-order chi connectivity index (χ0) is 17.1. The van der Waals surface area contributed by atoms with Gasteiger partial charge in [-0.1, -0.05) is 47.7 Å². The van der Waals surface area contributed by atoms with Crippen LogP contribution in [0.3, 0.4) is 0 Å². The highest BCUT2D eigenvalue weighted by Gasteiger charge is 2.07. The van der Waals surface area contributed by atoms with Gasteiger partial charge < -0.3 is 5.32 Å². The van der Waals surface area contributed by atoms with Crippen LogP contribution in [0.2, 0.25) is 0 Å². The molecule has 0 amide bonds. The topological polar surface area (TPSA) is 72.7 Å². The Hall–Kier alpha value is -3.06. The third kappa shape index (κ3) is 3.41. The molecule has 7 heteroatoms. The van der Waals surface area contributed by atoms with E-state index in [1.165, 1.54) is 16.0 Å². The van der Waals surface area contributed by atoms with E-state index in [9.17, 15) is 4.79 Å². The molecule has 6 nitrogen and oxygen atoms in total. The summed E-state index contributed by atoms with van der Waals surface area (Å²) < 4.78 is 1.48. The van der Waals surface area contributed by atoms with Crippen molar-refractivity contribution in [2.24, 2.45) is 0 Å². The fraction of sp³-hybridized carbons (Fsp3) is 0.111. The summed E-state index contributed by atoms with van der Waals surface area (Å²) in [6.07, 6.45) is 2.33. The number of fused-ring (bicyclic) bond motifs is 1. The van der Waals surface area contributed by atoms with Gasteiger partial charge in [-0.25, -0.2) is 4.68 Å². The molecular formula is C18H15N5OS. The normalized spacial score (nSPS) is 10.9. The van der Waals surface area contributed by atoms with Crippen molar-refractivity contribution in [1.82, 2.24) is 20.0 Å². The smallest absolute Gasteiger partial charge is 0.274 e. The van der Waals surface area contributed by atoms with Crippen molar-refractivity contribution in [2.75, 3.05) is 5.32 Å². The van der Waals surface area contributed by atoms with E-state index >= 15 is 0 Å². The third-order valence-corrected chi connectivity index (χ3v) is 4.69. The van der Waals surface area contributed by atoms with Crippen LogP contribution in [-0.2, 0) is 13.0 Å². The Morgan fingerprint density at radius 3 is 2.68 bits per heavy atom. The monoisotopic (exact) mass is 349 g/mol. The molecule has 0 unspecified atom stereocenters. The maximum Gasteiger partial charge on any atom is 0.274 e. The first-order chi connectivity index (χ1) is 12.3. The highest BCUT2D eigenvalue weighted by Crippen LogP contribution is 2.20. The Bertz CT molecular complexity index is 1060. The van der Waals surface area contributed by atoms with Crippen LogP contribution in [0.4, 0.5) is 10.8 Å². The molecule has 25 heavy (non-hydrogen) atoms. The molecule has 4 aromatic rings. The van der Waals surface area contributed by atoms with E-state index in [1.54, 1.807) is 6.20 Å². The molecular weight excluding hydrogens is 334 g/mol. The fourth-order valence-corrected chi connectivity index (χ4v) is 3.29. The molecule has 0 atom stereocenters. The van der Waals surface area contributed by atoms with E-state index in [-0.39, 0.29) is 5.56 Å². The summed E-state index contributed by atoms with van der Waals surface area (Å²) in [7, 11) is 0. The van der Waals surface area contributed by atoms with Gasteiger partial charge in [-0.3, -0.25) is 4.79 Å². The van der Waals surface area contributed by atoms with E-state index in [4.69, 9.17) is 0 Å². The summed E-state index contributed by atoms with van der Waals surface area (Å²) in [5.74, 6) is 0. The predicted molar refractivity (Wildman–Crippen MR) is 99.3 cm³/mol. The lowest BCUT2D eigenvalue weighted by atomic mass is 10.2. The molecule has 2 heterocycles. The molecule has 124 valence electrons. The Morgan fingerprint density at radius 1 is 1.00 bits per heavy atom. The van der Waals surface area contributed by atoms with Crippen molar-refractivity contribution in [3.8, 4) is 0 Å². The molecule has 4 rings (SSSR count). The summed E-state index contributed by atoms with van der Waals surface area (Å²) in [5, 5.41) is 18.9. The van der Waals surface area contributed by atoms with Gasteiger partial charge in [0, 0.05) is 17.5 Å². The molecule has 0 aliphatic carbocycles. The van der Waals surface area contributed by atoms with E-state index < -0.39 is 0 Å². The first kappa shape index (κ1) is 15.5. The van der Waals surface area contributed by atoms with Crippen LogP contribution < -0.4 is 10.9 Å². The fourth-order valence-electron chi connectivity index (χ4n) is 2.54. The number of rotatable bonds is 5. The maximum absolute atomic E-state index is 12.5. The Labute approximate surface area is 147 Å². The molecule has 0 spiro atoms. The zero-order valence-corrected chi connectivity index (χ0v) is 14.1. The number of aromatic nitrogens is 4. The second-order valence-electron chi connectivity index (χ2n) is 5.50. The molecule has 1 N–H and O–H groups in total. The van der Waals surface area contributed by atoms with Gasteiger partial charge in [-0.2, -0.15) is 5.10 Å².